The van der Waals surface area contributed by atoms with E-state index in [1.807, 2.05) is 0 Å². The molecule has 2 rings (SSSR count). The highest BCUT2D eigenvalue weighted by molar-refractivity contribution is 9.10. The van der Waals surface area contributed by atoms with Gasteiger partial charge in [0.25, 0.3) is 0 Å². The van der Waals surface area contributed by atoms with Gasteiger partial charge in [0.05, 0.1) is 17.2 Å². The predicted molar refractivity (Wildman–Crippen MR) is 74.3 cm³/mol. The number of benzene rings is 1. The van der Waals surface area contributed by atoms with Crippen molar-refractivity contribution in [2.24, 2.45) is 0 Å². The molecular weight excluding hydrogens is 329 g/mol. The van der Waals surface area contributed by atoms with E-state index in [0.717, 1.165) is 0 Å². The molecule has 0 bridgehead atoms. The summed E-state index contributed by atoms with van der Waals surface area (Å²) in [5, 5.41) is 2.62. The third kappa shape index (κ3) is 2.75. The predicted octanol–water partition coefficient (Wildman–Crippen LogP) is 2.64. The maximum atomic E-state index is 13.3. The van der Waals surface area contributed by atoms with Gasteiger partial charge in [0.1, 0.15) is 5.82 Å². The third-order valence-corrected chi connectivity index (χ3v) is 3.83. The van der Waals surface area contributed by atoms with Crippen LogP contribution in [0.25, 0.3) is 0 Å². The third-order valence-electron chi connectivity index (χ3n) is 3.22. The first-order chi connectivity index (χ1) is 9.43. The van der Waals surface area contributed by atoms with Crippen LogP contribution in [0.15, 0.2) is 33.9 Å². The Morgan fingerprint density at radius 1 is 1.50 bits per heavy atom. The Labute approximate surface area is 124 Å². The minimum absolute atomic E-state index is 0.125. The van der Waals surface area contributed by atoms with Gasteiger partial charge in [-0.3, -0.25) is 4.79 Å². The summed E-state index contributed by atoms with van der Waals surface area (Å²) in [7, 11) is 1.29. The smallest absolute Gasteiger partial charge is 0.336 e. The molecule has 0 aromatic heterocycles. The SMILES string of the molecule is COC(=O)C1=C(C)NC(=O)C[C@H]1c1ccc(F)c(Br)c1. The molecule has 0 aliphatic carbocycles. The van der Waals surface area contributed by atoms with Crippen LogP contribution >= 0.6 is 15.9 Å². The van der Waals surface area contributed by atoms with E-state index < -0.39 is 17.7 Å². The molecule has 1 amide bonds. The van der Waals surface area contributed by atoms with Crippen LogP contribution in [0, 0.1) is 5.82 Å². The fourth-order valence-electron chi connectivity index (χ4n) is 2.30. The summed E-state index contributed by atoms with van der Waals surface area (Å²) in [6.07, 6.45) is 0.125. The van der Waals surface area contributed by atoms with Gasteiger partial charge in [-0.1, -0.05) is 6.07 Å². The number of halogens is 2. The molecule has 0 saturated heterocycles. The van der Waals surface area contributed by atoms with Crippen molar-refractivity contribution in [1.29, 1.82) is 0 Å². The lowest BCUT2D eigenvalue weighted by molar-refractivity contribution is -0.136. The monoisotopic (exact) mass is 341 g/mol. The van der Waals surface area contributed by atoms with Crippen LogP contribution in [0.2, 0.25) is 0 Å². The van der Waals surface area contributed by atoms with Crippen LogP contribution in [0.5, 0.6) is 0 Å². The lowest BCUT2D eigenvalue weighted by Gasteiger charge is -2.26. The number of carbonyl (C=O) groups is 2. The minimum Gasteiger partial charge on any atom is -0.466 e. The van der Waals surface area contributed by atoms with Crippen molar-refractivity contribution in [2.75, 3.05) is 7.11 Å². The number of allylic oxidation sites excluding steroid dienone is 1. The Hall–Kier alpha value is -1.69. The molecule has 0 spiro atoms. The number of hydrogen-bond donors (Lipinski definition) is 1. The molecule has 1 atom stereocenters. The second kappa shape index (κ2) is 5.75. The van der Waals surface area contributed by atoms with E-state index in [-0.39, 0.29) is 12.3 Å². The van der Waals surface area contributed by atoms with Crippen molar-refractivity contribution >= 4 is 27.8 Å². The topological polar surface area (TPSA) is 55.4 Å². The molecular formula is C14H13BrFNO3. The fraction of sp³-hybridized carbons (Fsp3) is 0.286. The van der Waals surface area contributed by atoms with Crippen molar-refractivity contribution < 1.29 is 18.7 Å². The maximum absolute atomic E-state index is 13.3. The van der Waals surface area contributed by atoms with Crippen molar-refractivity contribution in [2.45, 2.75) is 19.3 Å². The Balaban J connectivity index is 2.50. The second-order valence-corrected chi connectivity index (χ2v) is 5.36. The van der Waals surface area contributed by atoms with Gasteiger partial charge >= 0.3 is 5.97 Å². The van der Waals surface area contributed by atoms with Gasteiger partial charge in [0.2, 0.25) is 5.91 Å². The molecule has 1 heterocycles. The number of methoxy groups -OCH3 is 1. The highest BCUT2D eigenvalue weighted by Crippen LogP contribution is 2.34. The molecule has 0 fully saturated rings. The fourth-order valence-corrected chi connectivity index (χ4v) is 2.69. The average Bonchev–Trinajstić information content (AvgIpc) is 2.40. The van der Waals surface area contributed by atoms with Crippen molar-refractivity contribution in [1.82, 2.24) is 5.32 Å². The average molecular weight is 342 g/mol. The van der Waals surface area contributed by atoms with E-state index in [1.165, 1.54) is 13.2 Å². The number of amides is 1. The van der Waals surface area contributed by atoms with E-state index in [9.17, 15) is 14.0 Å². The molecule has 20 heavy (non-hydrogen) atoms. The van der Waals surface area contributed by atoms with Crippen molar-refractivity contribution in [3.8, 4) is 0 Å². The second-order valence-electron chi connectivity index (χ2n) is 4.51. The van der Waals surface area contributed by atoms with Gasteiger partial charge in [-0.05, 0) is 40.5 Å². The van der Waals surface area contributed by atoms with Crippen LogP contribution in [-0.4, -0.2) is 19.0 Å². The molecule has 1 aliphatic heterocycles. The first-order valence-electron chi connectivity index (χ1n) is 5.98. The van der Waals surface area contributed by atoms with E-state index in [2.05, 4.69) is 21.2 Å². The summed E-state index contributed by atoms with van der Waals surface area (Å²) >= 11 is 3.11. The van der Waals surface area contributed by atoms with Gasteiger partial charge in [-0.15, -0.1) is 0 Å². The number of esters is 1. The molecule has 1 N–H and O–H groups in total. The molecule has 106 valence electrons. The van der Waals surface area contributed by atoms with Gasteiger partial charge in [0.15, 0.2) is 0 Å². The van der Waals surface area contributed by atoms with Crippen LogP contribution in [-0.2, 0) is 14.3 Å². The van der Waals surface area contributed by atoms with Gasteiger partial charge in [0, 0.05) is 18.0 Å². The zero-order valence-electron chi connectivity index (χ0n) is 11.0. The highest BCUT2D eigenvalue weighted by Gasteiger charge is 2.32. The molecule has 0 unspecified atom stereocenters. The number of hydrogen-bond acceptors (Lipinski definition) is 3. The van der Waals surface area contributed by atoms with Gasteiger partial charge < -0.3 is 10.1 Å². The highest BCUT2D eigenvalue weighted by atomic mass is 79.9. The lowest BCUT2D eigenvalue weighted by atomic mass is 9.84. The summed E-state index contributed by atoms with van der Waals surface area (Å²) in [6.45, 7) is 1.65. The Morgan fingerprint density at radius 2 is 2.20 bits per heavy atom. The number of ether oxygens (including phenoxy) is 1. The van der Waals surface area contributed by atoms with E-state index in [1.54, 1.807) is 19.1 Å². The summed E-state index contributed by atoms with van der Waals surface area (Å²) in [5.41, 5.74) is 1.55. The molecule has 0 saturated carbocycles. The van der Waals surface area contributed by atoms with Crippen LogP contribution < -0.4 is 5.32 Å². The molecule has 0 radical (unpaired) electrons. The van der Waals surface area contributed by atoms with Crippen molar-refractivity contribution in [3.05, 3.63) is 45.3 Å². The molecule has 1 aromatic rings. The number of rotatable bonds is 2. The standard InChI is InChI=1S/C14H13BrFNO3/c1-7-13(14(19)20-2)9(6-12(18)17-7)8-3-4-11(16)10(15)5-8/h3-5,9H,6H2,1-2H3,(H,17,18)/t9-/m0/s1. The minimum atomic E-state index is -0.493. The molecule has 1 aromatic carbocycles. The zero-order chi connectivity index (χ0) is 14.9. The van der Waals surface area contributed by atoms with Crippen molar-refractivity contribution in [3.63, 3.8) is 0 Å². The van der Waals surface area contributed by atoms with Gasteiger partial charge in [-0.2, -0.15) is 0 Å². The normalized spacial score (nSPS) is 18.8. The van der Waals surface area contributed by atoms with E-state index >= 15 is 0 Å². The van der Waals surface area contributed by atoms with E-state index in [4.69, 9.17) is 4.74 Å². The lowest BCUT2D eigenvalue weighted by Crippen LogP contribution is -2.34. The van der Waals surface area contributed by atoms with E-state index in [0.29, 0.717) is 21.3 Å². The first kappa shape index (κ1) is 14.7. The maximum Gasteiger partial charge on any atom is 0.336 e. The first-order valence-corrected chi connectivity index (χ1v) is 6.77. The Bertz CT molecular complexity index is 612. The number of nitrogens with one attached hydrogen (secondary N) is 1. The van der Waals surface area contributed by atoms with Gasteiger partial charge in [-0.25, -0.2) is 9.18 Å². The largest absolute Gasteiger partial charge is 0.466 e. The summed E-state index contributed by atoms with van der Waals surface area (Å²) < 4.78 is 18.4. The zero-order valence-corrected chi connectivity index (χ0v) is 12.6. The Kier molecular flexibility index (Phi) is 4.23. The number of carbonyl (C=O) groups excluding carboxylic acids is 2. The summed E-state index contributed by atoms with van der Waals surface area (Å²) in [5.74, 6) is -1.50. The summed E-state index contributed by atoms with van der Waals surface area (Å²) in [4.78, 5) is 23.6. The summed E-state index contributed by atoms with van der Waals surface area (Å²) in [6, 6.07) is 4.45. The van der Waals surface area contributed by atoms with Crippen LogP contribution in [0.3, 0.4) is 0 Å². The van der Waals surface area contributed by atoms with Crippen LogP contribution in [0.1, 0.15) is 24.8 Å². The Morgan fingerprint density at radius 3 is 2.80 bits per heavy atom. The molecule has 6 heteroatoms. The molecule has 1 aliphatic rings. The molecule has 4 nitrogen and oxygen atoms in total. The quantitative estimate of drug-likeness (QED) is 0.841. The van der Waals surface area contributed by atoms with Crippen LogP contribution in [0.4, 0.5) is 4.39 Å².